The number of amides is 2. The molecule has 0 atom stereocenters. The van der Waals surface area contributed by atoms with E-state index in [0.717, 1.165) is 0 Å². The molecule has 1 aliphatic rings. The van der Waals surface area contributed by atoms with E-state index in [2.05, 4.69) is 10.4 Å². The van der Waals surface area contributed by atoms with E-state index in [9.17, 15) is 19.2 Å². The van der Waals surface area contributed by atoms with Gasteiger partial charge in [-0.15, -0.1) is 0 Å². The van der Waals surface area contributed by atoms with Crippen molar-refractivity contribution >= 4 is 40.7 Å². The molecule has 0 saturated heterocycles. The van der Waals surface area contributed by atoms with Crippen LogP contribution in [-0.4, -0.2) is 35.9 Å². The maximum absolute atomic E-state index is 12.4. The average Bonchev–Trinajstić information content (AvgIpc) is 2.78. The number of carbonyl (C=O) groups is 4. The van der Waals surface area contributed by atoms with Crippen LogP contribution in [-0.2, 0) is 19.1 Å². The monoisotopic (exact) mass is 435 g/mol. The number of hydrazone groups is 1. The Kier molecular flexibility index (Phi) is 7.49. The van der Waals surface area contributed by atoms with Gasteiger partial charge in [-0.05, 0) is 42.3 Å². The van der Waals surface area contributed by atoms with Gasteiger partial charge < -0.3 is 10.1 Å². The number of Topliss-reactive ketones (excluding diaryl/α,β-unsaturated/α-hetero) is 1. The highest BCUT2D eigenvalue weighted by Gasteiger charge is 2.26. The van der Waals surface area contributed by atoms with E-state index in [1.54, 1.807) is 48.5 Å². The van der Waals surface area contributed by atoms with Crippen molar-refractivity contribution in [1.29, 1.82) is 0 Å². The molecule has 1 aliphatic heterocycles. The summed E-state index contributed by atoms with van der Waals surface area (Å²) < 4.78 is 5.13. The molecule has 0 fully saturated rings. The second-order valence-corrected chi connectivity index (χ2v) is 7.81. The van der Waals surface area contributed by atoms with Crippen molar-refractivity contribution in [2.45, 2.75) is 33.1 Å². The number of hydrogen-bond donors (Lipinski definition) is 1. The largest absolute Gasteiger partial charge is 0.453 e. The van der Waals surface area contributed by atoms with E-state index in [-0.39, 0.29) is 42.1 Å². The van der Waals surface area contributed by atoms with Crippen molar-refractivity contribution in [2.24, 2.45) is 11.0 Å². The van der Waals surface area contributed by atoms with Crippen LogP contribution in [0.2, 0.25) is 0 Å². The molecule has 0 unspecified atom stereocenters. The molecule has 1 N–H and O–H groups in total. The van der Waals surface area contributed by atoms with Gasteiger partial charge in [0.25, 0.3) is 0 Å². The molecule has 166 valence electrons. The summed E-state index contributed by atoms with van der Waals surface area (Å²) in [5, 5.41) is 8.06. The van der Waals surface area contributed by atoms with Gasteiger partial charge in [-0.3, -0.25) is 14.4 Å². The Morgan fingerprint density at radius 3 is 2.38 bits per heavy atom. The maximum atomic E-state index is 12.4. The van der Waals surface area contributed by atoms with Gasteiger partial charge in [0.2, 0.25) is 11.8 Å². The minimum Gasteiger partial charge on any atom is -0.453 e. The molecule has 0 spiro atoms. The Bertz CT molecular complexity index is 1030. The highest BCUT2D eigenvalue weighted by Crippen LogP contribution is 2.20. The molecule has 2 aromatic carbocycles. The third kappa shape index (κ3) is 6.10. The molecule has 0 bridgehead atoms. The molecule has 8 heteroatoms. The van der Waals surface area contributed by atoms with Crippen molar-refractivity contribution in [3.8, 4) is 0 Å². The van der Waals surface area contributed by atoms with Crippen molar-refractivity contribution < 1.29 is 23.9 Å². The van der Waals surface area contributed by atoms with Crippen LogP contribution in [0.5, 0.6) is 0 Å². The zero-order valence-electron chi connectivity index (χ0n) is 18.0. The van der Waals surface area contributed by atoms with E-state index in [0.29, 0.717) is 23.4 Å². The lowest BCUT2D eigenvalue weighted by Crippen LogP contribution is -2.35. The van der Waals surface area contributed by atoms with Crippen LogP contribution in [0.25, 0.3) is 0 Å². The van der Waals surface area contributed by atoms with Gasteiger partial charge in [-0.1, -0.05) is 32.0 Å². The standard InChI is InChI=1S/C24H25N3O5/c1-16(2)14-22(29)25-18-10-8-17(9-11-18)21(28)15-32-24(31)20-12-13-23(30)27(26-20)19-6-4-3-5-7-19/h3-11,16H,12-15H2,1-2H3,(H,25,29). The molecular weight excluding hydrogens is 410 g/mol. The number of esters is 1. The molecule has 2 amide bonds. The van der Waals surface area contributed by atoms with E-state index in [1.165, 1.54) is 5.01 Å². The summed E-state index contributed by atoms with van der Waals surface area (Å²) in [6.07, 6.45) is 0.689. The first-order valence-corrected chi connectivity index (χ1v) is 10.4. The van der Waals surface area contributed by atoms with E-state index in [1.807, 2.05) is 19.9 Å². The Morgan fingerprint density at radius 1 is 1.03 bits per heavy atom. The second-order valence-electron chi connectivity index (χ2n) is 7.81. The number of benzene rings is 2. The minimum atomic E-state index is -0.732. The SMILES string of the molecule is CC(C)CC(=O)Nc1ccc(C(=O)COC(=O)C2=NN(c3ccccc3)C(=O)CC2)cc1. The summed E-state index contributed by atoms with van der Waals surface area (Å²) in [5.41, 5.74) is 1.58. The molecule has 0 saturated carbocycles. The van der Waals surface area contributed by atoms with Crippen molar-refractivity contribution in [3.63, 3.8) is 0 Å². The van der Waals surface area contributed by atoms with Gasteiger partial charge >= 0.3 is 5.97 Å². The van der Waals surface area contributed by atoms with Crippen LogP contribution in [0.4, 0.5) is 11.4 Å². The Hall–Kier alpha value is -3.81. The summed E-state index contributed by atoms with van der Waals surface area (Å²) >= 11 is 0. The normalized spacial score (nSPS) is 13.5. The fourth-order valence-corrected chi connectivity index (χ4v) is 3.09. The van der Waals surface area contributed by atoms with Crippen LogP contribution >= 0.6 is 0 Å². The number of nitrogens with zero attached hydrogens (tertiary/aromatic N) is 2. The molecule has 0 aromatic heterocycles. The van der Waals surface area contributed by atoms with E-state index < -0.39 is 12.6 Å². The molecule has 32 heavy (non-hydrogen) atoms. The number of ketones is 1. The smallest absolute Gasteiger partial charge is 0.354 e. The minimum absolute atomic E-state index is 0.0875. The number of nitrogens with one attached hydrogen (secondary N) is 1. The van der Waals surface area contributed by atoms with E-state index >= 15 is 0 Å². The number of hydrogen-bond acceptors (Lipinski definition) is 6. The summed E-state index contributed by atoms with van der Waals surface area (Å²) in [5.74, 6) is -1.18. The molecule has 0 radical (unpaired) electrons. The van der Waals surface area contributed by atoms with Crippen molar-refractivity contribution in [3.05, 3.63) is 60.2 Å². The van der Waals surface area contributed by atoms with Crippen molar-refractivity contribution in [1.82, 2.24) is 0 Å². The first-order chi connectivity index (χ1) is 15.3. The van der Waals surface area contributed by atoms with Crippen molar-refractivity contribution in [2.75, 3.05) is 16.9 Å². The zero-order chi connectivity index (χ0) is 23.1. The Morgan fingerprint density at radius 2 is 1.72 bits per heavy atom. The first-order valence-electron chi connectivity index (χ1n) is 10.4. The maximum Gasteiger partial charge on any atom is 0.354 e. The molecule has 0 aliphatic carbocycles. The lowest BCUT2D eigenvalue weighted by atomic mass is 10.1. The summed E-state index contributed by atoms with van der Waals surface area (Å²) in [6.45, 7) is 3.47. The van der Waals surface area contributed by atoms with Crippen LogP contribution in [0.3, 0.4) is 0 Å². The van der Waals surface area contributed by atoms with Crippen LogP contribution < -0.4 is 10.3 Å². The number of para-hydroxylation sites is 1. The van der Waals surface area contributed by atoms with Gasteiger partial charge in [0.15, 0.2) is 12.4 Å². The predicted octanol–water partition coefficient (Wildman–Crippen LogP) is 3.58. The van der Waals surface area contributed by atoms with Crippen LogP contribution in [0.1, 0.15) is 43.5 Å². The average molecular weight is 435 g/mol. The highest BCUT2D eigenvalue weighted by molar-refractivity contribution is 6.38. The molecule has 8 nitrogen and oxygen atoms in total. The Balaban J connectivity index is 1.57. The number of ether oxygens (including phenoxy) is 1. The number of carbonyl (C=O) groups excluding carboxylic acids is 4. The molecule has 1 heterocycles. The third-order valence-electron chi connectivity index (χ3n) is 4.69. The van der Waals surface area contributed by atoms with Gasteiger partial charge in [0.05, 0.1) is 5.69 Å². The van der Waals surface area contributed by atoms with E-state index in [4.69, 9.17) is 4.74 Å². The summed E-state index contributed by atoms with van der Waals surface area (Å²) in [6, 6.07) is 15.2. The quantitative estimate of drug-likeness (QED) is 0.504. The first kappa shape index (κ1) is 22.9. The Labute approximate surface area is 186 Å². The van der Waals surface area contributed by atoms with Gasteiger partial charge in [0, 0.05) is 30.5 Å². The highest BCUT2D eigenvalue weighted by atomic mass is 16.5. The second kappa shape index (κ2) is 10.5. The number of rotatable bonds is 8. The molecular formula is C24H25N3O5. The van der Waals surface area contributed by atoms with Crippen LogP contribution in [0, 0.1) is 5.92 Å². The predicted molar refractivity (Wildman–Crippen MR) is 120 cm³/mol. The topological polar surface area (TPSA) is 105 Å². The lowest BCUT2D eigenvalue weighted by molar-refractivity contribution is -0.134. The number of anilines is 2. The van der Waals surface area contributed by atoms with Gasteiger partial charge in [0.1, 0.15) is 5.71 Å². The fourth-order valence-electron chi connectivity index (χ4n) is 3.09. The fraction of sp³-hybridized carbons (Fsp3) is 0.292. The zero-order valence-corrected chi connectivity index (χ0v) is 18.0. The molecule has 3 rings (SSSR count). The summed E-state index contributed by atoms with van der Waals surface area (Å²) in [4.78, 5) is 48.7. The van der Waals surface area contributed by atoms with Gasteiger partial charge in [-0.2, -0.15) is 5.10 Å². The van der Waals surface area contributed by atoms with Gasteiger partial charge in [-0.25, -0.2) is 9.80 Å². The summed E-state index contributed by atoms with van der Waals surface area (Å²) in [7, 11) is 0. The van der Waals surface area contributed by atoms with Crippen LogP contribution in [0.15, 0.2) is 59.7 Å². The lowest BCUT2D eigenvalue weighted by Gasteiger charge is -2.22. The third-order valence-corrected chi connectivity index (χ3v) is 4.69. The molecule has 2 aromatic rings.